The van der Waals surface area contributed by atoms with Gasteiger partial charge in [0.1, 0.15) is 6.29 Å². The van der Waals surface area contributed by atoms with Crippen LogP contribution in [0.1, 0.15) is 25.0 Å². The molecule has 2 atom stereocenters. The highest BCUT2D eigenvalue weighted by atomic mass is 16.1. The summed E-state index contributed by atoms with van der Waals surface area (Å²) in [7, 11) is 0. The van der Waals surface area contributed by atoms with Crippen molar-refractivity contribution in [2.24, 2.45) is 17.3 Å². The van der Waals surface area contributed by atoms with Crippen molar-refractivity contribution in [3.05, 3.63) is 59.7 Å². The predicted molar refractivity (Wildman–Crippen MR) is 87.1 cm³/mol. The van der Waals surface area contributed by atoms with Crippen molar-refractivity contribution >= 4 is 6.29 Å². The second-order valence-electron chi connectivity index (χ2n) is 6.75. The third kappa shape index (κ3) is 2.42. The first-order chi connectivity index (χ1) is 10.1. The van der Waals surface area contributed by atoms with E-state index in [4.69, 9.17) is 0 Å². The van der Waals surface area contributed by atoms with E-state index in [1.165, 1.54) is 22.3 Å². The Morgan fingerprint density at radius 3 is 2.38 bits per heavy atom. The second-order valence-corrected chi connectivity index (χ2v) is 6.75. The first-order valence-corrected chi connectivity index (χ1v) is 7.65. The van der Waals surface area contributed by atoms with E-state index < -0.39 is 0 Å². The van der Waals surface area contributed by atoms with Gasteiger partial charge in [0, 0.05) is 5.92 Å². The van der Waals surface area contributed by atoms with E-state index in [1.54, 1.807) is 0 Å². The minimum absolute atomic E-state index is 0.164. The Labute approximate surface area is 127 Å². The average Bonchev–Trinajstić information content (AvgIpc) is 3.02. The molecule has 21 heavy (non-hydrogen) atoms. The van der Waals surface area contributed by atoms with Gasteiger partial charge in [0.15, 0.2) is 0 Å². The third-order valence-electron chi connectivity index (χ3n) is 5.26. The summed E-state index contributed by atoms with van der Waals surface area (Å²) in [6, 6.07) is 17.0. The molecule has 0 spiro atoms. The zero-order chi connectivity index (χ0) is 15.0. The molecule has 1 heteroatoms. The minimum atomic E-state index is 0.164. The first-order valence-electron chi connectivity index (χ1n) is 7.65. The standard InChI is InChI=1S/C20H22O/c1-14-16(12-18-19(13-21)20(18,2)3)10-7-11-17(14)15-8-5-4-6-9-15/h4-11,13,18-19H,12H2,1-3H3/t18-,19+/m1/s1. The Kier molecular flexibility index (Phi) is 3.44. The van der Waals surface area contributed by atoms with Crippen molar-refractivity contribution in [1.82, 2.24) is 0 Å². The van der Waals surface area contributed by atoms with E-state index >= 15 is 0 Å². The molecule has 2 aromatic rings. The summed E-state index contributed by atoms with van der Waals surface area (Å²) < 4.78 is 0. The zero-order valence-electron chi connectivity index (χ0n) is 13.0. The van der Waals surface area contributed by atoms with Crippen LogP contribution in [-0.2, 0) is 11.2 Å². The Morgan fingerprint density at radius 1 is 1.05 bits per heavy atom. The minimum Gasteiger partial charge on any atom is -0.303 e. The van der Waals surface area contributed by atoms with Crippen LogP contribution in [0.2, 0.25) is 0 Å². The highest BCUT2D eigenvalue weighted by molar-refractivity contribution is 5.68. The van der Waals surface area contributed by atoms with Gasteiger partial charge in [0.05, 0.1) is 0 Å². The van der Waals surface area contributed by atoms with E-state index in [0.717, 1.165) is 12.7 Å². The number of hydrogen-bond donors (Lipinski definition) is 0. The number of carbonyl (C=O) groups excluding carboxylic acids is 1. The van der Waals surface area contributed by atoms with Gasteiger partial charge in [0.25, 0.3) is 0 Å². The normalized spacial score (nSPS) is 22.8. The molecule has 0 aromatic heterocycles. The summed E-state index contributed by atoms with van der Waals surface area (Å²) in [4.78, 5) is 11.2. The summed E-state index contributed by atoms with van der Waals surface area (Å²) in [5, 5.41) is 0. The maximum absolute atomic E-state index is 11.2. The molecule has 1 aliphatic carbocycles. The van der Waals surface area contributed by atoms with Gasteiger partial charge >= 0.3 is 0 Å². The molecule has 0 unspecified atom stereocenters. The number of benzene rings is 2. The summed E-state index contributed by atoms with van der Waals surface area (Å²) in [5.74, 6) is 0.706. The zero-order valence-corrected chi connectivity index (χ0v) is 13.0. The lowest BCUT2D eigenvalue weighted by Crippen LogP contribution is -1.98. The Morgan fingerprint density at radius 2 is 1.76 bits per heavy atom. The lowest BCUT2D eigenvalue weighted by Gasteiger charge is -2.12. The summed E-state index contributed by atoms with van der Waals surface area (Å²) in [5.41, 5.74) is 5.44. The van der Waals surface area contributed by atoms with Crippen LogP contribution < -0.4 is 0 Å². The molecular weight excluding hydrogens is 256 g/mol. The van der Waals surface area contributed by atoms with Crippen LogP contribution in [0.15, 0.2) is 48.5 Å². The van der Waals surface area contributed by atoms with E-state index in [1.807, 2.05) is 6.07 Å². The van der Waals surface area contributed by atoms with Gasteiger partial charge in [-0.05, 0) is 46.9 Å². The summed E-state index contributed by atoms with van der Waals surface area (Å²) in [6.45, 7) is 6.60. The molecule has 0 saturated heterocycles. The van der Waals surface area contributed by atoms with Gasteiger partial charge in [-0.25, -0.2) is 0 Å². The molecule has 0 amide bonds. The van der Waals surface area contributed by atoms with Crippen LogP contribution in [-0.4, -0.2) is 6.29 Å². The average molecular weight is 278 g/mol. The molecule has 0 aliphatic heterocycles. The fourth-order valence-electron chi connectivity index (χ4n) is 3.52. The topological polar surface area (TPSA) is 17.1 Å². The fraction of sp³-hybridized carbons (Fsp3) is 0.350. The molecule has 2 aromatic carbocycles. The van der Waals surface area contributed by atoms with Crippen LogP contribution in [0.3, 0.4) is 0 Å². The van der Waals surface area contributed by atoms with E-state index in [0.29, 0.717) is 5.92 Å². The largest absolute Gasteiger partial charge is 0.303 e. The van der Waals surface area contributed by atoms with Crippen LogP contribution in [0, 0.1) is 24.2 Å². The monoisotopic (exact) mass is 278 g/mol. The van der Waals surface area contributed by atoms with Crippen molar-refractivity contribution in [2.75, 3.05) is 0 Å². The Balaban J connectivity index is 1.90. The van der Waals surface area contributed by atoms with Crippen molar-refractivity contribution in [3.8, 4) is 11.1 Å². The number of aldehydes is 1. The van der Waals surface area contributed by atoms with Gasteiger partial charge in [-0.15, -0.1) is 0 Å². The maximum Gasteiger partial charge on any atom is 0.123 e. The van der Waals surface area contributed by atoms with Gasteiger partial charge in [-0.1, -0.05) is 62.4 Å². The van der Waals surface area contributed by atoms with E-state index in [-0.39, 0.29) is 11.3 Å². The number of rotatable bonds is 4. The molecule has 1 fully saturated rings. The first kappa shape index (κ1) is 14.1. The van der Waals surface area contributed by atoms with Crippen molar-refractivity contribution in [2.45, 2.75) is 27.2 Å². The SMILES string of the molecule is Cc1c(C[C@@H]2[C@H](C=O)C2(C)C)cccc1-c1ccccc1. The van der Waals surface area contributed by atoms with Gasteiger partial charge in [0.2, 0.25) is 0 Å². The van der Waals surface area contributed by atoms with Gasteiger partial charge in [-0.3, -0.25) is 0 Å². The smallest absolute Gasteiger partial charge is 0.123 e. The third-order valence-corrected chi connectivity index (χ3v) is 5.26. The summed E-state index contributed by atoms with van der Waals surface area (Å²) >= 11 is 0. The Hall–Kier alpha value is -1.89. The Bertz CT molecular complexity index is 655. The van der Waals surface area contributed by atoms with Crippen LogP contribution in [0.25, 0.3) is 11.1 Å². The highest BCUT2D eigenvalue weighted by Gasteiger charge is 2.57. The van der Waals surface area contributed by atoms with Gasteiger partial charge in [-0.2, -0.15) is 0 Å². The molecule has 0 bridgehead atoms. The molecule has 1 saturated carbocycles. The van der Waals surface area contributed by atoms with Crippen LogP contribution in [0.4, 0.5) is 0 Å². The maximum atomic E-state index is 11.2. The predicted octanol–water partition coefficient (Wildman–Crippen LogP) is 4.68. The number of carbonyl (C=O) groups is 1. The van der Waals surface area contributed by atoms with Crippen molar-refractivity contribution in [3.63, 3.8) is 0 Å². The molecule has 1 aliphatic rings. The lowest BCUT2D eigenvalue weighted by atomic mass is 9.93. The van der Waals surface area contributed by atoms with Crippen LogP contribution in [0.5, 0.6) is 0 Å². The molecule has 0 radical (unpaired) electrons. The molecule has 0 N–H and O–H groups in total. The highest BCUT2D eigenvalue weighted by Crippen LogP contribution is 2.58. The second kappa shape index (κ2) is 5.14. The number of hydrogen-bond acceptors (Lipinski definition) is 1. The fourth-order valence-corrected chi connectivity index (χ4v) is 3.52. The van der Waals surface area contributed by atoms with Crippen molar-refractivity contribution in [1.29, 1.82) is 0 Å². The summed E-state index contributed by atoms with van der Waals surface area (Å²) in [6.07, 6.45) is 2.14. The molecule has 0 heterocycles. The van der Waals surface area contributed by atoms with E-state index in [9.17, 15) is 4.79 Å². The molecule has 108 valence electrons. The molecule has 1 nitrogen and oxygen atoms in total. The van der Waals surface area contributed by atoms with Crippen molar-refractivity contribution < 1.29 is 4.79 Å². The van der Waals surface area contributed by atoms with Crippen LogP contribution >= 0.6 is 0 Å². The quantitative estimate of drug-likeness (QED) is 0.742. The van der Waals surface area contributed by atoms with Gasteiger partial charge < -0.3 is 4.79 Å². The molecule has 3 rings (SSSR count). The van der Waals surface area contributed by atoms with E-state index in [2.05, 4.69) is 63.2 Å². The molecular formula is C20H22O. The lowest BCUT2D eigenvalue weighted by molar-refractivity contribution is -0.109.